The van der Waals surface area contributed by atoms with Crippen LogP contribution in [0.4, 0.5) is 16.2 Å². The topological polar surface area (TPSA) is 127 Å². The molecule has 2 aliphatic rings. The molecule has 5 rings (SSSR count). The number of ether oxygens (including phenoxy) is 3. The second-order valence-corrected chi connectivity index (χ2v) is 11.0. The molecule has 2 amide bonds. The Bertz CT molecular complexity index is 1530. The molecule has 2 aliphatic heterocycles. The number of anilines is 2. The molecule has 0 bridgehead atoms. The summed E-state index contributed by atoms with van der Waals surface area (Å²) < 4.78 is 16.3. The third kappa shape index (κ3) is 5.57. The van der Waals surface area contributed by atoms with Crippen LogP contribution < -0.4 is 20.7 Å². The Kier molecular flexibility index (Phi) is 7.36. The lowest BCUT2D eigenvalue weighted by atomic mass is 9.97. The third-order valence-electron chi connectivity index (χ3n) is 6.36. The average Bonchev–Trinajstić information content (AvgIpc) is 3.24. The molecule has 0 unspecified atom stereocenters. The number of methoxy groups -OCH3 is 1. The van der Waals surface area contributed by atoms with Crippen molar-refractivity contribution in [2.75, 3.05) is 32.2 Å². The second kappa shape index (κ2) is 10.8. The first-order valence-electron chi connectivity index (χ1n) is 12.8. The van der Waals surface area contributed by atoms with E-state index in [9.17, 15) is 9.59 Å². The maximum Gasteiger partial charge on any atom is 0.409 e. The van der Waals surface area contributed by atoms with Crippen molar-refractivity contribution < 1.29 is 23.8 Å². The summed E-state index contributed by atoms with van der Waals surface area (Å²) in [6.07, 6.45) is 3.37. The lowest BCUT2D eigenvalue weighted by Crippen LogP contribution is -2.61. The fourth-order valence-corrected chi connectivity index (χ4v) is 4.79. The number of hydrogen-bond donors (Lipinski definition) is 4. The van der Waals surface area contributed by atoms with Crippen LogP contribution in [-0.4, -0.2) is 60.0 Å². The lowest BCUT2D eigenvalue weighted by molar-refractivity contribution is -0.0466. The zero-order valence-electron chi connectivity index (χ0n) is 22.7. The van der Waals surface area contributed by atoms with Gasteiger partial charge in [0.2, 0.25) is 0 Å². The number of benzene rings is 1. The van der Waals surface area contributed by atoms with Crippen molar-refractivity contribution in [3.8, 4) is 28.8 Å². The number of aromatic amines is 1. The number of alkyl carbamates (subject to hydrolysis) is 1. The van der Waals surface area contributed by atoms with Gasteiger partial charge in [0.1, 0.15) is 5.60 Å². The molecular formula is C29H30ClN5O5. The SMILES string of the molecule is COc1c(Cl)cccc1Nc1c(-c2ccncc2C#CC2(NC(=O)OC(C)(C)C)COC2)[nH]c2c1C(=O)NCC2. The number of hydrogen-bond acceptors (Lipinski definition) is 7. The zero-order valence-corrected chi connectivity index (χ0v) is 23.4. The van der Waals surface area contributed by atoms with E-state index in [1.807, 2.05) is 12.1 Å². The van der Waals surface area contributed by atoms with E-state index in [4.69, 9.17) is 25.8 Å². The number of para-hydroxylation sites is 1. The zero-order chi connectivity index (χ0) is 28.5. The fourth-order valence-electron chi connectivity index (χ4n) is 4.54. The summed E-state index contributed by atoms with van der Waals surface area (Å²) >= 11 is 6.37. The summed E-state index contributed by atoms with van der Waals surface area (Å²) in [7, 11) is 1.54. The first-order valence-corrected chi connectivity index (χ1v) is 13.2. The third-order valence-corrected chi connectivity index (χ3v) is 6.66. The van der Waals surface area contributed by atoms with Crippen molar-refractivity contribution in [1.82, 2.24) is 20.6 Å². The van der Waals surface area contributed by atoms with Crippen LogP contribution >= 0.6 is 11.6 Å². The first-order chi connectivity index (χ1) is 19.1. The highest BCUT2D eigenvalue weighted by atomic mass is 35.5. The first kappa shape index (κ1) is 27.4. The number of carbonyl (C=O) groups excluding carboxylic acids is 2. The van der Waals surface area contributed by atoms with Crippen molar-refractivity contribution in [1.29, 1.82) is 0 Å². The van der Waals surface area contributed by atoms with Gasteiger partial charge in [-0.3, -0.25) is 9.78 Å². The molecule has 0 atom stereocenters. The van der Waals surface area contributed by atoms with Crippen molar-refractivity contribution in [2.24, 2.45) is 0 Å². The monoisotopic (exact) mass is 563 g/mol. The maximum absolute atomic E-state index is 13.0. The standard InChI is InChI=1S/C29H30ClN5O5/c1-28(2,3)40-27(37)35-29(15-39-16-29)11-8-17-14-31-12-9-18(17)23-24(22-20(33-23)10-13-32-26(22)36)34-21-7-5-6-19(30)25(21)38-4/h5-7,9,12,14,33-34H,10,13,15-16H2,1-4H3,(H,32,36)(H,35,37). The van der Waals surface area contributed by atoms with Crippen LogP contribution in [-0.2, 0) is 15.9 Å². The minimum Gasteiger partial charge on any atom is -0.493 e. The molecular weight excluding hydrogens is 534 g/mol. The van der Waals surface area contributed by atoms with E-state index in [0.717, 1.165) is 11.3 Å². The normalized spacial score (nSPS) is 15.5. The largest absolute Gasteiger partial charge is 0.493 e. The molecule has 0 saturated carbocycles. The lowest BCUT2D eigenvalue weighted by Gasteiger charge is -2.37. The smallest absolute Gasteiger partial charge is 0.409 e. The number of halogens is 1. The minimum absolute atomic E-state index is 0.193. The number of amides is 2. The molecule has 40 heavy (non-hydrogen) atoms. The van der Waals surface area contributed by atoms with Gasteiger partial charge in [-0.25, -0.2) is 4.79 Å². The van der Waals surface area contributed by atoms with Crippen molar-refractivity contribution in [3.63, 3.8) is 0 Å². The van der Waals surface area contributed by atoms with Crippen LogP contribution in [0.15, 0.2) is 36.7 Å². The molecule has 11 heteroatoms. The van der Waals surface area contributed by atoms with E-state index in [-0.39, 0.29) is 19.1 Å². The van der Waals surface area contributed by atoms with Gasteiger partial charge in [-0.1, -0.05) is 29.5 Å². The Morgan fingerprint density at radius 3 is 2.75 bits per heavy atom. The van der Waals surface area contributed by atoms with Gasteiger partial charge in [0, 0.05) is 36.6 Å². The van der Waals surface area contributed by atoms with Gasteiger partial charge in [-0.15, -0.1) is 0 Å². The summed E-state index contributed by atoms with van der Waals surface area (Å²) in [5, 5.41) is 9.57. The van der Waals surface area contributed by atoms with E-state index >= 15 is 0 Å². The van der Waals surface area contributed by atoms with Crippen molar-refractivity contribution in [2.45, 2.75) is 38.3 Å². The van der Waals surface area contributed by atoms with E-state index in [0.29, 0.717) is 51.9 Å². The van der Waals surface area contributed by atoms with Crippen molar-refractivity contribution >= 4 is 35.0 Å². The predicted octanol–water partition coefficient (Wildman–Crippen LogP) is 4.41. The van der Waals surface area contributed by atoms with Crippen LogP contribution in [0.3, 0.4) is 0 Å². The van der Waals surface area contributed by atoms with Crippen LogP contribution in [0.25, 0.3) is 11.3 Å². The summed E-state index contributed by atoms with van der Waals surface area (Å²) in [5.74, 6) is 6.60. The highest BCUT2D eigenvalue weighted by molar-refractivity contribution is 6.32. The second-order valence-electron chi connectivity index (χ2n) is 10.6. The summed E-state index contributed by atoms with van der Waals surface area (Å²) in [6.45, 7) is 6.37. The van der Waals surface area contributed by atoms with E-state index in [1.54, 1.807) is 45.3 Å². The van der Waals surface area contributed by atoms with Gasteiger partial charge in [0.25, 0.3) is 5.91 Å². The predicted molar refractivity (Wildman–Crippen MR) is 151 cm³/mol. The molecule has 4 heterocycles. The summed E-state index contributed by atoms with van der Waals surface area (Å²) in [5.41, 5.74) is 2.92. The molecule has 1 saturated heterocycles. The molecule has 3 aromatic rings. The van der Waals surface area contributed by atoms with E-state index in [2.05, 4.69) is 37.8 Å². The molecule has 0 radical (unpaired) electrons. The van der Waals surface area contributed by atoms with Crippen LogP contribution in [0.1, 0.15) is 42.4 Å². The van der Waals surface area contributed by atoms with Crippen molar-refractivity contribution in [3.05, 3.63) is 58.5 Å². The van der Waals surface area contributed by atoms with Gasteiger partial charge in [-0.2, -0.15) is 0 Å². The molecule has 4 N–H and O–H groups in total. The van der Waals surface area contributed by atoms with E-state index in [1.165, 1.54) is 7.11 Å². The molecule has 2 aromatic heterocycles. The number of fused-ring (bicyclic) bond motifs is 1. The average molecular weight is 564 g/mol. The highest BCUT2D eigenvalue weighted by Gasteiger charge is 2.40. The molecule has 10 nitrogen and oxygen atoms in total. The Hall–Kier alpha value is -4.20. The number of nitrogens with one attached hydrogen (secondary N) is 4. The van der Waals surface area contributed by atoms with Gasteiger partial charge in [0.15, 0.2) is 11.3 Å². The molecule has 0 aliphatic carbocycles. The van der Waals surface area contributed by atoms with Crippen LogP contribution in [0.5, 0.6) is 5.75 Å². The maximum atomic E-state index is 13.0. The number of aromatic nitrogens is 2. The van der Waals surface area contributed by atoms with E-state index < -0.39 is 17.2 Å². The minimum atomic E-state index is -0.889. The van der Waals surface area contributed by atoms with Gasteiger partial charge in [-0.05, 0) is 39.0 Å². The van der Waals surface area contributed by atoms with Crippen LogP contribution in [0.2, 0.25) is 5.02 Å². The Morgan fingerprint density at radius 2 is 2.05 bits per heavy atom. The van der Waals surface area contributed by atoms with Gasteiger partial charge >= 0.3 is 6.09 Å². The molecule has 1 fully saturated rings. The summed E-state index contributed by atoms with van der Waals surface area (Å²) in [4.78, 5) is 33.2. The quantitative estimate of drug-likeness (QED) is 0.339. The van der Waals surface area contributed by atoms with Crippen LogP contribution in [0, 0.1) is 11.8 Å². The molecule has 1 aromatic carbocycles. The number of H-pyrrole nitrogens is 1. The highest BCUT2D eigenvalue weighted by Crippen LogP contribution is 2.41. The fraction of sp³-hybridized carbons (Fsp3) is 0.345. The summed E-state index contributed by atoms with van der Waals surface area (Å²) in [6, 6.07) is 7.18. The molecule has 0 spiro atoms. The number of carbonyl (C=O) groups is 2. The Morgan fingerprint density at radius 1 is 1.25 bits per heavy atom. The van der Waals surface area contributed by atoms with Gasteiger partial charge in [0.05, 0.1) is 53.5 Å². The molecule has 208 valence electrons. The number of nitrogens with zero attached hydrogens (tertiary/aromatic N) is 1. The number of rotatable bonds is 5. The Labute approximate surface area is 237 Å². The Balaban J connectivity index is 1.56. The number of pyridine rings is 1. The van der Waals surface area contributed by atoms with Gasteiger partial charge < -0.3 is 35.1 Å².